The van der Waals surface area contributed by atoms with E-state index < -0.39 is 5.97 Å². The molecule has 0 aliphatic carbocycles. The summed E-state index contributed by atoms with van der Waals surface area (Å²) in [6, 6.07) is 0.137. The molecule has 2 unspecified atom stereocenters. The van der Waals surface area contributed by atoms with Crippen molar-refractivity contribution in [2.75, 3.05) is 13.1 Å². The van der Waals surface area contributed by atoms with Gasteiger partial charge in [-0.3, -0.25) is 4.79 Å². The van der Waals surface area contributed by atoms with E-state index in [9.17, 15) is 9.90 Å². The minimum Gasteiger partial charge on any atom is -0.481 e. The minimum atomic E-state index is -0.619. The van der Waals surface area contributed by atoms with E-state index in [2.05, 4.69) is 32.6 Å². The second-order valence-electron chi connectivity index (χ2n) is 9.71. The van der Waals surface area contributed by atoms with Crippen LogP contribution in [0.15, 0.2) is 0 Å². The van der Waals surface area contributed by atoms with Crippen LogP contribution in [0.5, 0.6) is 0 Å². The molecule has 0 aromatic carbocycles. The van der Waals surface area contributed by atoms with Gasteiger partial charge in [-0.05, 0) is 26.4 Å². The number of hydrogen-bond acceptors (Lipinski definition) is 2. The number of unbranched alkanes of at least 4 members (excludes halogenated alkanes) is 17. The first kappa shape index (κ1) is 30.4. The Bertz CT molecular complexity index is 381. The molecule has 0 radical (unpaired) electrons. The Morgan fingerprint density at radius 3 is 1.23 bits per heavy atom. The third-order valence-corrected chi connectivity index (χ3v) is 7.16. The molecule has 186 valence electrons. The maximum Gasteiger partial charge on any atom is 0.308 e. The van der Waals surface area contributed by atoms with Crippen molar-refractivity contribution >= 4 is 5.97 Å². The molecule has 3 nitrogen and oxygen atoms in total. The molecule has 0 bridgehead atoms. The Kier molecular flexibility index (Phi) is 22.2. The van der Waals surface area contributed by atoms with E-state index in [4.69, 9.17) is 0 Å². The molecule has 1 N–H and O–H groups in total. The zero-order valence-electron chi connectivity index (χ0n) is 21.8. The van der Waals surface area contributed by atoms with E-state index in [0.717, 1.165) is 25.9 Å². The lowest BCUT2D eigenvalue weighted by Crippen LogP contribution is -2.41. The summed E-state index contributed by atoms with van der Waals surface area (Å²) >= 11 is 0. The topological polar surface area (TPSA) is 40.5 Å². The van der Waals surface area contributed by atoms with Gasteiger partial charge in [-0.2, -0.15) is 0 Å². The first-order valence-corrected chi connectivity index (χ1v) is 14.0. The lowest BCUT2D eigenvalue weighted by molar-refractivity contribution is -0.144. The van der Waals surface area contributed by atoms with Crippen molar-refractivity contribution in [2.24, 2.45) is 5.92 Å². The van der Waals surface area contributed by atoms with Crippen LogP contribution in [-0.4, -0.2) is 35.1 Å². The van der Waals surface area contributed by atoms with Gasteiger partial charge in [-0.25, -0.2) is 0 Å². The number of nitrogens with zero attached hydrogens (tertiary/aromatic N) is 1. The number of rotatable bonds is 24. The normalized spacial score (nSPS) is 13.6. The van der Waals surface area contributed by atoms with Crippen LogP contribution in [0.2, 0.25) is 0 Å². The molecule has 2 atom stereocenters. The zero-order chi connectivity index (χ0) is 23.2. The van der Waals surface area contributed by atoms with Crippen LogP contribution >= 0.6 is 0 Å². The summed E-state index contributed by atoms with van der Waals surface area (Å²) in [5.74, 6) is -0.840. The summed E-state index contributed by atoms with van der Waals surface area (Å²) in [5, 5.41) is 9.60. The molecule has 3 heteroatoms. The molecule has 0 spiro atoms. The SMILES string of the molecule is CCCCCCCCCCCCCCCCCCCCC(C(=O)O)C(C)N(CC)CC. The monoisotopic (exact) mass is 439 g/mol. The van der Waals surface area contributed by atoms with E-state index in [0.29, 0.717) is 0 Å². The highest BCUT2D eigenvalue weighted by molar-refractivity contribution is 5.70. The van der Waals surface area contributed by atoms with Crippen molar-refractivity contribution in [1.82, 2.24) is 4.90 Å². The fraction of sp³-hybridized carbons (Fsp3) is 0.964. The molecule has 0 aromatic rings. The lowest BCUT2D eigenvalue weighted by Gasteiger charge is -2.31. The van der Waals surface area contributed by atoms with Gasteiger partial charge in [0.2, 0.25) is 0 Å². The molecule has 0 fully saturated rings. The van der Waals surface area contributed by atoms with Gasteiger partial charge in [0.05, 0.1) is 5.92 Å². The predicted octanol–water partition coefficient (Wildman–Crippen LogP) is 8.85. The van der Waals surface area contributed by atoms with Crippen molar-refractivity contribution in [1.29, 1.82) is 0 Å². The fourth-order valence-electron chi connectivity index (χ4n) is 4.89. The van der Waals surface area contributed by atoms with Crippen molar-refractivity contribution in [3.63, 3.8) is 0 Å². The van der Waals surface area contributed by atoms with Crippen LogP contribution in [0.4, 0.5) is 0 Å². The second-order valence-corrected chi connectivity index (χ2v) is 9.71. The molecule has 0 amide bonds. The Morgan fingerprint density at radius 1 is 0.613 bits per heavy atom. The van der Waals surface area contributed by atoms with Gasteiger partial charge in [0.15, 0.2) is 0 Å². The molecular formula is C28H57NO2. The highest BCUT2D eigenvalue weighted by Crippen LogP contribution is 2.20. The molecule has 0 saturated heterocycles. The van der Waals surface area contributed by atoms with Gasteiger partial charge in [-0.15, -0.1) is 0 Å². The number of carbonyl (C=O) groups is 1. The summed E-state index contributed by atoms with van der Waals surface area (Å²) in [4.78, 5) is 13.9. The van der Waals surface area contributed by atoms with Crippen LogP contribution in [0, 0.1) is 5.92 Å². The van der Waals surface area contributed by atoms with Crippen molar-refractivity contribution in [2.45, 2.75) is 156 Å². The lowest BCUT2D eigenvalue weighted by atomic mass is 9.93. The summed E-state index contributed by atoms with van der Waals surface area (Å²) < 4.78 is 0. The molecule has 0 aliphatic rings. The highest BCUT2D eigenvalue weighted by atomic mass is 16.4. The Labute approximate surface area is 195 Å². The van der Waals surface area contributed by atoms with Gasteiger partial charge in [0, 0.05) is 6.04 Å². The van der Waals surface area contributed by atoms with E-state index in [1.54, 1.807) is 0 Å². The summed E-state index contributed by atoms with van der Waals surface area (Å²) in [6.07, 6.45) is 25.5. The van der Waals surface area contributed by atoms with Gasteiger partial charge in [-0.1, -0.05) is 136 Å². The summed E-state index contributed by atoms with van der Waals surface area (Å²) in [5.41, 5.74) is 0. The maximum absolute atomic E-state index is 11.7. The first-order valence-electron chi connectivity index (χ1n) is 14.0. The Balaban J connectivity index is 3.46. The average Bonchev–Trinajstić information content (AvgIpc) is 2.76. The fourth-order valence-corrected chi connectivity index (χ4v) is 4.89. The Hall–Kier alpha value is -0.570. The largest absolute Gasteiger partial charge is 0.481 e. The first-order chi connectivity index (χ1) is 15.1. The standard InChI is InChI=1S/C28H57NO2/c1-5-8-9-10-11-12-13-14-15-16-17-18-19-20-21-22-23-24-25-27(28(30)31)26(4)29(6-2)7-3/h26-27H,5-25H2,1-4H3,(H,30,31). The van der Waals surface area contributed by atoms with E-state index >= 15 is 0 Å². The average molecular weight is 440 g/mol. The van der Waals surface area contributed by atoms with Crippen molar-refractivity contribution < 1.29 is 9.90 Å². The van der Waals surface area contributed by atoms with Gasteiger partial charge in [0.1, 0.15) is 0 Å². The summed E-state index contributed by atoms with van der Waals surface area (Å²) in [7, 11) is 0. The third kappa shape index (κ3) is 17.6. The minimum absolute atomic E-state index is 0.137. The number of carboxylic acids is 1. The molecule has 0 aromatic heterocycles. The smallest absolute Gasteiger partial charge is 0.308 e. The van der Waals surface area contributed by atoms with E-state index in [1.807, 2.05) is 0 Å². The second kappa shape index (κ2) is 22.6. The molecule has 0 aliphatic heterocycles. The van der Waals surface area contributed by atoms with Crippen LogP contribution in [0.1, 0.15) is 150 Å². The highest BCUT2D eigenvalue weighted by Gasteiger charge is 2.27. The third-order valence-electron chi connectivity index (χ3n) is 7.16. The molecule has 0 saturated carbocycles. The van der Waals surface area contributed by atoms with Crippen LogP contribution in [0.25, 0.3) is 0 Å². The molecule has 31 heavy (non-hydrogen) atoms. The number of carboxylic acid groups (broad SMARTS) is 1. The number of hydrogen-bond donors (Lipinski definition) is 1. The summed E-state index contributed by atoms with van der Waals surface area (Å²) in [6.45, 7) is 10.5. The van der Waals surface area contributed by atoms with Crippen molar-refractivity contribution in [3.05, 3.63) is 0 Å². The molecular weight excluding hydrogens is 382 g/mol. The molecule has 0 heterocycles. The maximum atomic E-state index is 11.7. The van der Waals surface area contributed by atoms with Gasteiger partial charge in [0.25, 0.3) is 0 Å². The van der Waals surface area contributed by atoms with Crippen LogP contribution < -0.4 is 0 Å². The number of aliphatic carboxylic acids is 1. The van der Waals surface area contributed by atoms with Crippen LogP contribution in [0.3, 0.4) is 0 Å². The van der Waals surface area contributed by atoms with Crippen LogP contribution in [-0.2, 0) is 4.79 Å². The van der Waals surface area contributed by atoms with E-state index in [-0.39, 0.29) is 12.0 Å². The molecule has 0 rings (SSSR count). The zero-order valence-corrected chi connectivity index (χ0v) is 21.8. The van der Waals surface area contributed by atoms with E-state index in [1.165, 1.54) is 109 Å². The Morgan fingerprint density at radius 2 is 0.935 bits per heavy atom. The predicted molar refractivity (Wildman–Crippen MR) is 137 cm³/mol. The van der Waals surface area contributed by atoms with Gasteiger partial charge >= 0.3 is 5.97 Å². The van der Waals surface area contributed by atoms with Gasteiger partial charge < -0.3 is 10.0 Å². The van der Waals surface area contributed by atoms with Crippen molar-refractivity contribution in [3.8, 4) is 0 Å². The quantitative estimate of drug-likeness (QED) is 0.153.